The Balaban J connectivity index is 1.27. The van der Waals surface area contributed by atoms with Crippen LogP contribution >= 0.6 is 0 Å². The number of nitrogens with zero attached hydrogens (tertiary/aromatic N) is 4. The minimum atomic E-state index is -3.45. The van der Waals surface area contributed by atoms with Crippen LogP contribution in [0.3, 0.4) is 0 Å². The average molecular weight is 521 g/mol. The molecule has 0 radical (unpaired) electrons. The van der Waals surface area contributed by atoms with Gasteiger partial charge in [-0.15, -0.1) is 0 Å². The number of piperazine rings is 1. The van der Waals surface area contributed by atoms with Gasteiger partial charge in [-0.1, -0.05) is 42.5 Å². The predicted molar refractivity (Wildman–Crippen MR) is 147 cm³/mol. The molecule has 0 aliphatic carbocycles. The van der Waals surface area contributed by atoms with Gasteiger partial charge in [-0.25, -0.2) is 13.4 Å². The summed E-state index contributed by atoms with van der Waals surface area (Å²) in [4.78, 5) is 23.5. The summed E-state index contributed by atoms with van der Waals surface area (Å²) in [5.41, 5.74) is 4.02. The van der Waals surface area contributed by atoms with Crippen molar-refractivity contribution >= 4 is 33.1 Å². The second kappa shape index (κ2) is 10.9. The number of hydrogen-bond acceptors (Lipinski definition) is 7. The van der Waals surface area contributed by atoms with E-state index in [0.29, 0.717) is 24.6 Å². The number of fused-ring (bicyclic) bond motifs is 1. The van der Waals surface area contributed by atoms with Crippen LogP contribution in [0.25, 0.3) is 11.1 Å². The van der Waals surface area contributed by atoms with Gasteiger partial charge in [-0.05, 0) is 36.4 Å². The van der Waals surface area contributed by atoms with E-state index in [1.807, 2.05) is 48.5 Å². The molecular weight excluding hydrogens is 488 g/mol. The molecule has 10 heteroatoms. The Bertz CT molecular complexity index is 1340. The van der Waals surface area contributed by atoms with Gasteiger partial charge in [-0.3, -0.25) is 14.4 Å². The zero-order valence-corrected chi connectivity index (χ0v) is 21.7. The van der Waals surface area contributed by atoms with E-state index in [1.54, 1.807) is 23.2 Å². The van der Waals surface area contributed by atoms with Crippen LogP contribution in [-0.2, 0) is 21.4 Å². The smallest absolute Gasteiger partial charge is 0.246 e. The molecule has 0 unspecified atom stereocenters. The summed E-state index contributed by atoms with van der Waals surface area (Å²) in [5, 5.41) is 3.09. The van der Waals surface area contributed by atoms with Gasteiger partial charge >= 0.3 is 0 Å². The van der Waals surface area contributed by atoms with Crippen molar-refractivity contribution in [3.05, 3.63) is 72.4 Å². The number of anilines is 3. The maximum absolute atomic E-state index is 12.7. The molecule has 1 amide bonds. The summed E-state index contributed by atoms with van der Waals surface area (Å²) in [6, 6.07) is 19.1. The van der Waals surface area contributed by atoms with E-state index in [0.717, 1.165) is 48.6 Å². The number of benzene rings is 2. The Morgan fingerprint density at radius 2 is 1.70 bits per heavy atom. The minimum Gasteiger partial charge on any atom is -0.359 e. The van der Waals surface area contributed by atoms with Gasteiger partial charge in [0.25, 0.3) is 0 Å². The third kappa shape index (κ3) is 6.27. The monoisotopic (exact) mass is 520 g/mol. The third-order valence-corrected chi connectivity index (χ3v) is 8.08. The maximum atomic E-state index is 12.7. The Kier molecular flexibility index (Phi) is 7.40. The lowest BCUT2D eigenvalue weighted by molar-refractivity contribution is -0.117. The molecule has 5 rings (SSSR count). The number of nitrogens with one attached hydrogen (secondary N) is 2. The fourth-order valence-electron chi connectivity index (χ4n) is 4.56. The molecule has 1 saturated heterocycles. The summed E-state index contributed by atoms with van der Waals surface area (Å²) >= 11 is 0. The van der Waals surface area contributed by atoms with Crippen molar-refractivity contribution < 1.29 is 13.2 Å². The van der Waals surface area contributed by atoms with Crippen molar-refractivity contribution in [3.8, 4) is 11.1 Å². The zero-order chi connectivity index (χ0) is 25.8. The highest BCUT2D eigenvalue weighted by molar-refractivity contribution is 7.92. The molecule has 194 valence electrons. The minimum absolute atomic E-state index is 0.0170. The van der Waals surface area contributed by atoms with Crippen LogP contribution in [0.15, 0.2) is 66.9 Å². The molecule has 1 aromatic heterocycles. The highest BCUT2D eigenvalue weighted by Gasteiger charge is 2.25. The lowest BCUT2D eigenvalue weighted by Crippen LogP contribution is -2.46. The molecule has 0 saturated carbocycles. The standard InChI is InChI=1S/C27H32N6O3S/c1-31-11-13-32(14-12-31)15-16-37(35,36)30-24-9-7-22(8-10-24)23-17-25-27(28-18-23)29-19-26(34)33(25)20-21-5-3-2-4-6-21/h2-10,17-18,30H,11-16,19-20H2,1H3,(H,28,29). The molecule has 2 aliphatic rings. The molecule has 37 heavy (non-hydrogen) atoms. The molecular formula is C27H32N6O3S. The van der Waals surface area contributed by atoms with Gasteiger partial charge in [0.05, 0.1) is 24.5 Å². The van der Waals surface area contributed by atoms with Crippen LogP contribution < -0.4 is 14.9 Å². The van der Waals surface area contributed by atoms with Crippen LogP contribution in [0.2, 0.25) is 0 Å². The molecule has 2 aliphatic heterocycles. The van der Waals surface area contributed by atoms with Crippen molar-refractivity contribution in [1.29, 1.82) is 0 Å². The number of hydrogen-bond donors (Lipinski definition) is 2. The summed E-state index contributed by atoms with van der Waals surface area (Å²) in [5.74, 6) is 0.714. The number of rotatable bonds is 8. The first-order valence-corrected chi connectivity index (χ1v) is 14.1. The van der Waals surface area contributed by atoms with E-state index in [4.69, 9.17) is 0 Å². The summed E-state index contributed by atoms with van der Waals surface area (Å²) < 4.78 is 28.0. The fourth-order valence-corrected chi connectivity index (χ4v) is 5.66. The second-order valence-electron chi connectivity index (χ2n) is 9.55. The average Bonchev–Trinajstić information content (AvgIpc) is 2.91. The van der Waals surface area contributed by atoms with Crippen molar-refractivity contribution in [3.63, 3.8) is 0 Å². The highest BCUT2D eigenvalue weighted by atomic mass is 32.2. The number of carbonyl (C=O) groups is 1. The van der Waals surface area contributed by atoms with Crippen molar-refractivity contribution in [2.45, 2.75) is 6.54 Å². The van der Waals surface area contributed by atoms with Gasteiger partial charge in [0.15, 0.2) is 5.82 Å². The predicted octanol–water partition coefficient (Wildman–Crippen LogP) is 2.70. The third-order valence-electron chi connectivity index (χ3n) is 6.81. The lowest BCUT2D eigenvalue weighted by atomic mass is 10.1. The van der Waals surface area contributed by atoms with Crippen molar-refractivity contribution in [2.24, 2.45) is 0 Å². The zero-order valence-electron chi connectivity index (χ0n) is 20.9. The quantitative estimate of drug-likeness (QED) is 0.471. The van der Waals surface area contributed by atoms with Crippen LogP contribution in [0.5, 0.6) is 0 Å². The maximum Gasteiger partial charge on any atom is 0.246 e. The fraction of sp³-hybridized carbons (Fsp3) is 0.333. The molecule has 1 fully saturated rings. The van der Waals surface area contributed by atoms with Crippen LogP contribution in [0.1, 0.15) is 5.56 Å². The summed E-state index contributed by atoms with van der Waals surface area (Å²) in [6.45, 7) is 4.89. The lowest BCUT2D eigenvalue weighted by Gasteiger charge is -2.32. The number of likely N-dealkylation sites (N-methyl/N-ethyl adjacent to an activating group) is 1. The molecule has 3 aromatic rings. The van der Waals surface area contributed by atoms with E-state index in [2.05, 4.69) is 31.9 Å². The molecule has 0 bridgehead atoms. The Morgan fingerprint density at radius 1 is 0.973 bits per heavy atom. The van der Waals surface area contributed by atoms with E-state index < -0.39 is 10.0 Å². The number of carbonyl (C=O) groups excluding carboxylic acids is 1. The van der Waals surface area contributed by atoms with Crippen molar-refractivity contribution in [2.75, 3.05) is 67.0 Å². The van der Waals surface area contributed by atoms with Crippen LogP contribution in [0.4, 0.5) is 17.2 Å². The van der Waals surface area contributed by atoms with Crippen LogP contribution in [0, 0.1) is 0 Å². The van der Waals surface area contributed by atoms with E-state index in [1.165, 1.54) is 0 Å². The Morgan fingerprint density at radius 3 is 2.43 bits per heavy atom. The normalized spacial score (nSPS) is 16.8. The largest absolute Gasteiger partial charge is 0.359 e. The molecule has 0 atom stereocenters. The number of amides is 1. The SMILES string of the molecule is CN1CCN(CCS(=O)(=O)Nc2ccc(-c3cnc4c(c3)N(Cc3ccccc3)C(=O)CN4)cc2)CC1. The number of sulfonamides is 1. The Hall–Kier alpha value is -3.47. The van der Waals surface area contributed by atoms with Crippen molar-refractivity contribution in [1.82, 2.24) is 14.8 Å². The highest BCUT2D eigenvalue weighted by Crippen LogP contribution is 2.33. The molecule has 2 N–H and O–H groups in total. The first-order chi connectivity index (χ1) is 17.9. The van der Waals surface area contributed by atoms with Gasteiger partial charge < -0.3 is 15.1 Å². The Labute approximate surface area is 218 Å². The van der Waals surface area contributed by atoms with Crippen LogP contribution in [-0.4, -0.2) is 81.2 Å². The molecule has 3 heterocycles. The van der Waals surface area contributed by atoms with Gasteiger partial charge in [-0.2, -0.15) is 0 Å². The second-order valence-corrected chi connectivity index (χ2v) is 11.4. The summed E-state index contributed by atoms with van der Waals surface area (Å²) in [7, 11) is -1.37. The molecule has 9 nitrogen and oxygen atoms in total. The number of aromatic nitrogens is 1. The van der Waals surface area contributed by atoms with E-state index in [-0.39, 0.29) is 18.2 Å². The topological polar surface area (TPSA) is 97.9 Å². The first kappa shape index (κ1) is 25.2. The summed E-state index contributed by atoms with van der Waals surface area (Å²) in [6.07, 6.45) is 1.76. The van der Waals surface area contributed by atoms with E-state index in [9.17, 15) is 13.2 Å². The van der Waals surface area contributed by atoms with Gasteiger partial charge in [0.1, 0.15) is 0 Å². The molecule has 2 aromatic carbocycles. The van der Waals surface area contributed by atoms with Gasteiger partial charge in [0.2, 0.25) is 15.9 Å². The van der Waals surface area contributed by atoms with Gasteiger partial charge in [0, 0.05) is 50.2 Å². The van der Waals surface area contributed by atoms with E-state index >= 15 is 0 Å². The molecule has 0 spiro atoms. The first-order valence-electron chi connectivity index (χ1n) is 12.5. The number of pyridine rings is 1.